The highest BCUT2D eigenvalue weighted by atomic mass is 16.5. The molecule has 1 aromatic rings. The van der Waals surface area contributed by atoms with Gasteiger partial charge in [0.25, 0.3) is 0 Å². The maximum Gasteiger partial charge on any atom is 0.0719 e. The molecule has 0 fully saturated rings. The summed E-state index contributed by atoms with van der Waals surface area (Å²) < 4.78 is 12.7. The largest absolute Gasteiger partial charge is 0.396 e. The molecule has 0 aliphatic heterocycles. The van der Waals surface area contributed by atoms with E-state index in [9.17, 15) is 0 Å². The SMILES string of the molecule is CCOCCN(CCOCC)CCn1cc(N)cn1. The van der Waals surface area contributed by atoms with Crippen LogP contribution in [0.3, 0.4) is 0 Å². The van der Waals surface area contributed by atoms with Gasteiger partial charge in [-0.2, -0.15) is 5.10 Å². The van der Waals surface area contributed by atoms with Gasteiger partial charge < -0.3 is 15.2 Å². The van der Waals surface area contributed by atoms with Crippen LogP contribution < -0.4 is 5.73 Å². The Kier molecular flexibility index (Phi) is 8.20. The van der Waals surface area contributed by atoms with Gasteiger partial charge >= 0.3 is 0 Å². The minimum Gasteiger partial charge on any atom is -0.396 e. The molecule has 0 aliphatic carbocycles. The molecule has 0 bridgehead atoms. The fraction of sp³-hybridized carbons (Fsp3) is 0.769. The second kappa shape index (κ2) is 9.77. The van der Waals surface area contributed by atoms with E-state index in [0.29, 0.717) is 5.69 Å². The van der Waals surface area contributed by atoms with Crippen molar-refractivity contribution >= 4 is 5.69 Å². The van der Waals surface area contributed by atoms with Crippen LogP contribution in [0.4, 0.5) is 5.69 Å². The summed E-state index contributed by atoms with van der Waals surface area (Å²) >= 11 is 0. The van der Waals surface area contributed by atoms with Gasteiger partial charge in [-0.05, 0) is 13.8 Å². The molecule has 2 N–H and O–H groups in total. The van der Waals surface area contributed by atoms with Crippen molar-refractivity contribution in [2.24, 2.45) is 0 Å². The topological polar surface area (TPSA) is 65.5 Å². The van der Waals surface area contributed by atoms with Crippen molar-refractivity contribution in [3.8, 4) is 0 Å². The molecule has 1 rings (SSSR count). The summed E-state index contributed by atoms with van der Waals surface area (Å²) in [6.45, 7) is 10.6. The number of aromatic nitrogens is 2. The molecule has 0 radical (unpaired) electrons. The first-order valence-corrected chi connectivity index (χ1v) is 6.92. The van der Waals surface area contributed by atoms with Gasteiger partial charge in [0.15, 0.2) is 0 Å². The Balaban J connectivity index is 2.29. The summed E-state index contributed by atoms with van der Waals surface area (Å²) in [6.07, 6.45) is 3.52. The molecule has 0 aliphatic rings. The van der Waals surface area contributed by atoms with Crippen molar-refractivity contribution < 1.29 is 9.47 Å². The van der Waals surface area contributed by atoms with E-state index in [1.54, 1.807) is 6.20 Å². The maximum atomic E-state index is 5.64. The minimum absolute atomic E-state index is 0.704. The number of rotatable bonds is 11. The predicted octanol–water partition coefficient (Wildman–Crippen LogP) is 0.840. The zero-order valence-electron chi connectivity index (χ0n) is 12.0. The van der Waals surface area contributed by atoms with Crippen LogP contribution >= 0.6 is 0 Å². The molecular formula is C13H26N4O2. The van der Waals surface area contributed by atoms with Crippen molar-refractivity contribution in [3.63, 3.8) is 0 Å². The second-order valence-electron chi connectivity index (χ2n) is 4.27. The Morgan fingerprint density at radius 3 is 2.26 bits per heavy atom. The number of anilines is 1. The molecule has 0 saturated heterocycles. The zero-order valence-corrected chi connectivity index (χ0v) is 12.0. The molecule has 0 aromatic carbocycles. The van der Waals surface area contributed by atoms with Gasteiger partial charge in [0.05, 0.1) is 31.6 Å². The van der Waals surface area contributed by atoms with Crippen LogP contribution in [-0.2, 0) is 16.0 Å². The van der Waals surface area contributed by atoms with Crippen molar-refractivity contribution in [1.29, 1.82) is 0 Å². The standard InChI is InChI=1S/C13H26N4O2/c1-3-18-9-7-16(8-10-19-4-2)5-6-17-12-13(14)11-15-17/h11-12H,3-10,14H2,1-2H3. The fourth-order valence-electron chi connectivity index (χ4n) is 1.76. The van der Waals surface area contributed by atoms with E-state index < -0.39 is 0 Å². The lowest BCUT2D eigenvalue weighted by Crippen LogP contribution is -2.34. The Morgan fingerprint density at radius 2 is 1.79 bits per heavy atom. The highest BCUT2D eigenvalue weighted by Crippen LogP contribution is 1.99. The van der Waals surface area contributed by atoms with Crippen molar-refractivity contribution in [2.45, 2.75) is 20.4 Å². The number of ether oxygens (including phenoxy) is 2. The van der Waals surface area contributed by atoms with E-state index in [-0.39, 0.29) is 0 Å². The van der Waals surface area contributed by atoms with E-state index >= 15 is 0 Å². The van der Waals surface area contributed by atoms with Crippen LogP contribution in [0.2, 0.25) is 0 Å². The Labute approximate surface area is 115 Å². The first kappa shape index (κ1) is 15.9. The number of nitrogens with two attached hydrogens (primary N) is 1. The third kappa shape index (κ3) is 7.15. The molecule has 6 heteroatoms. The second-order valence-corrected chi connectivity index (χ2v) is 4.27. The molecule has 110 valence electrons. The molecule has 1 aromatic heterocycles. The van der Waals surface area contributed by atoms with E-state index in [4.69, 9.17) is 15.2 Å². The Hall–Kier alpha value is -1.11. The van der Waals surface area contributed by atoms with Gasteiger partial charge in [0.2, 0.25) is 0 Å². The van der Waals surface area contributed by atoms with Crippen molar-refractivity contribution in [3.05, 3.63) is 12.4 Å². The lowest BCUT2D eigenvalue weighted by Gasteiger charge is -2.21. The zero-order chi connectivity index (χ0) is 13.9. The molecular weight excluding hydrogens is 244 g/mol. The lowest BCUT2D eigenvalue weighted by molar-refractivity contribution is 0.0809. The lowest BCUT2D eigenvalue weighted by atomic mass is 10.4. The monoisotopic (exact) mass is 270 g/mol. The van der Waals surface area contributed by atoms with E-state index in [1.165, 1.54) is 0 Å². The van der Waals surface area contributed by atoms with E-state index in [1.807, 2.05) is 24.7 Å². The summed E-state index contributed by atoms with van der Waals surface area (Å²) in [5, 5.41) is 4.18. The number of nitrogen functional groups attached to an aromatic ring is 1. The maximum absolute atomic E-state index is 5.64. The van der Waals surface area contributed by atoms with Crippen molar-refractivity contribution in [1.82, 2.24) is 14.7 Å². The predicted molar refractivity (Wildman–Crippen MR) is 76.1 cm³/mol. The molecule has 19 heavy (non-hydrogen) atoms. The van der Waals surface area contributed by atoms with Crippen LogP contribution in [0.25, 0.3) is 0 Å². The Bertz CT molecular complexity index is 320. The summed E-state index contributed by atoms with van der Waals surface area (Å²) in [6, 6.07) is 0. The summed E-state index contributed by atoms with van der Waals surface area (Å²) in [4.78, 5) is 2.32. The molecule has 6 nitrogen and oxygen atoms in total. The van der Waals surface area contributed by atoms with Gasteiger partial charge in [0, 0.05) is 39.0 Å². The van der Waals surface area contributed by atoms with Crippen LogP contribution in [0, 0.1) is 0 Å². The average molecular weight is 270 g/mol. The quantitative estimate of drug-likeness (QED) is 0.604. The number of nitrogens with zero attached hydrogens (tertiary/aromatic N) is 3. The van der Waals surface area contributed by atoms with Gasteiger partial charge in [-0.15, -0.1) is 0 Å². The first-order chi connectivity index (χ1) is 9.26. The fourth-order valence-corrected chi connectivity index (χ4v) is 1.76. The van der Waals surface area contributed by atoms with Gasteiger partial charge in [-0.25, -0.2) is 0 Å². The average Bonchev–Trinajstić information content (AvgIpc) is 2.81. The summed E-state index contributed by atoms with van der Waals surface area (Å²) in [5.41, 5.74) is 6.35. The molecule has 1 heterocycles. The third-order valence-corrected chi connectivity index (χ3v) is 2.81. The summed E-state index contributed by atoms with van der Waals surface area (Å²) in [7, 11) is 0. The van der Waals surface area contributed by atoms with E-state index in [2.05, 4.69) is 10.00 Å². The normalized spacial score (nSPS) is 11.3. The number of hydrogen-bond acceptors (Lipinski definition) is 5. The van der Waals surface area contributed by atoms with Crippen molar-refractivity contribution in [2.75, 3.05) is 51.8 Å². The molecule has 0 unspecified atom stereocenters. The van der Waals surface area contributed by atoms with Gasteiger partial charge in [-0.1, -0.05) is 0 Å². The molecule has 0 atom stereocenters. The smallest absolute Gasteiger partial charge is 0.0719 e. The minimum atomic E-state index is 0.704. The van der Waals surface area contributed by atoms with E-state index in [0.717, 1.165) is 52.6 Å². The van der Waals surface area contributed by atoms with Crippen LogP contribution in [0.5, 0.6) is 0 Å². The first-order valence-electron chi connectivity index (χ1n) is 6.92. The molecule has 0 spiro atoms. The highest BCUT2D eigenvalue weighted by molar-refractivity contribution is 5.30. The van der Waals surface area contributed by atoms with Gasteiger partial charge in [0.1, 0.15) is 0 Å². The van der Waals surface area contributed by atoms with Gasteiger partial charge in [-0.3, -0.25) is 9.58 Å². The Morgan fingerprint density at radius 1 is 1.16 bits per heavy atom. The molecule has 0 saturated carbocycles. The summed E-state index contributed by atoms with van der Waals surface area (Å²) in [5.74, 6) is 0. The van der Waals surface area contributed by atoms with Crippen LogP contribution in [-0.4, -0.2) is 60.7 Å². The molecule has 0 amide bonds. The number of hydrogen-bond donors (Lipinski definition) is 1. The van der Waals surface area contributed by atoms with Crippen LogP contribution in [0.15, 0.2) is 12.4 Å². The van der Waals surface area contributed by atoms with Crippen LogP contribution in [0.1, 0.15) is 13.8 Å². The highest BCUT2D eigenvalue weighted by Gasteiger charge is 2.05. The third-order valence-electron chi connectivity index (χ3n) is 2.81.